The number of carbonyl (C=O) groups excluding carboxylic acids is 3. The van der Waals surface area contributed by atoms with Crippen LogP contribution in [0.25, 0.3) is 0 Å². The van der Waals surface area contributed by atoms with Gasteiger partial charge in [0.2, 0.25) is 17.7 Å². The Balaban J connectivity index is 1.79. The number of benzene rings is 2. The first-order chi connectivity index (χ1) is 17.9. The fourth-order valence-electron chi connectivity index (χ4n) is 5.60. The normalized spacial score (nSPS) is 20.8. The summed E-state index contributed by atoms with van der Waals surface area (Å²) < 4.78 is 20.0. The molecule has 1 heterocycles. The molecule has 1 fully saturated rings. The number of nitrogens with zero attached hydrogens (tertiary/aromatic N) is 1. The molecule has 3 atom stereocenters. The number of halogens is 1. The third-order valence-electron chi connectivity index (χ3n) is 7.22. The largest absolute Gasteiger partial charge is 0.494 e. The molecule has 1 saturated heterocycles. The molecule has 7 nitrogen and oxygen atoms in total. The number of nitrogens with one attached hydrogen (secondary N) is 2. The average Bonchev–Trinajstić information content (AvgIpc) is 3.26. The van der Waals surface area contributed by atoms with Gasteiger partial charge in [-0.1, -0.05) is 44.2 Å². The quantitative estimate of drug-likeness (QED) is 0.576. The van der Waals surface area contributed by atoms with E-state index in [1.807, 2.05) is 58.9 Å². The highest BCUT2D eigenvalue weighted by Gasteiger charge is 2.49. The van der Waals surface area contributed by atoms with Crippen molar-refractivity contribution in [2.45, 2.75) is 77.5 Å². The summed E-state index contributed by atoms with van der Waals surface area (Å²) in [5.74, 6) is -1.74. The summed E-state index contributed by atoms with van der Waals surface area (Å²) in [4.78, 5) is 43.1. The number of methoxy groups -OCH3 is 1. The summed E-state index contributed by atoms with van der Waals surface area (Å²) in [6.45, 7) is 9.45. The number of amides is 3. The van der Waals surface area contributed by atoms with Crippen molar-refractivity contribution in [3.05, 3.63) is 65.0 Å². The number of hydrogen-bond donors (Lipinski definition) is 2. The van der Waals surface area contributed by atoms with E-state index in [2.05, 4.69) is 10.6 Å². The SMILES string of the molecule is COc1ccc([C@H](C(=O)NC(C)(C)C)N2C(=O)[C@@H](C3Cc4ccccc4C3)NC(=O)[C@H]2CC(C)C)cc1F. The lowest BCUT2D eigenvalue weighted by Gasteiger charge is -2.45. The molecule has 0 unspecified atom stereocenters. The van der Waals surface area contributed by atoms with Crippen molar-refractivity contribution in [1.82, 2.24) is 15.5 Å². The second-order valence-electron chi connectivity index (χ2n) is 11.8. The van der Waals surface area contributed by atoms with Crippen molar-refractivity contribution in [3.63, 3.8) is 0 Å². The second-order valence-corrected chi connectivity index (χ2v) is 11.8. The van der Waals surface area contributed by atoms with Gasteiger partial charge in [0.15, 0.2) is 11.6 Å². The van der Waals surface area contributed by atoms with Crippen molar-refractivity contribution in [1.29, 1.82) is 0 Å². The predicted molar refractivity (Wildman–Crippen MR) is 143 cm³/mol. The van der Waals surface area contributed by atoms with Crippen LogP contribution in [0.3, 0.4) is 0 Å². The molecule has 0 bridgehead atoms. The Kier molecular flexibility index (Phi) is 7.81. The van der Waals surface area contributed by atoms with Gasteiger partial charge < -0.3 is 20.3 Å². The molecule has 38 heavy (non-hydrogen) atoms. The summed E-state index contributed by atoms with van der Waals surface area (Å²) in [6, 6.07) is 9.43. The molecule has 1 aliphatic carbocycles. The monoisotopic (exact) mass is 523 g/mol. The molecule has 2 aromatic rings. The van der Waals surface area contributed by atoms with Crippen molar-refractivity contribution >= 4 is 17.7 Å². The predicted octanol–water partition coefficient (Wildman–Crippen LogP) is 3.95. The molecule has 2 aliphatic rings. The standard InChI is InChI=1S/C30H38FN3O4/c1-17(2)13-23-27(35)32-25(21-14-18-9-7-8-10-19(18)15-21)29(37)34(23)26(28(36)33-30(3,4)5)20-11-12-24(38-6)22(31)16-20/h7-12,16-17,21,23,25-26H,13-15H2,1-6H3,(H,32,35)(H,33,36)/t23-,25-,26-/m1/s1. The Morgan fingerprint density at radius 1 is 1.13 bits per heavy atom. The van der Waals surface area contributed by atoms with E-state index >= 15 is 0 Å². The van der Waals surface area contributed by atoms with Gasteiger partial charge in [0.25, 0.3) is 0 Å². The van der Waals surface area contributed by atoms with Crippen LogP contribution in [-0.4, -0.2) is 47.4 Å². The molecule has 3 amide bonds. The Morgan fingerprint density at radius 3 is 2.29 bits per heavy atom. The van der Waals surface area contributed by atoms with Crippen LogP contribution in [0.1, 0.15) is 63.8 Å². The fraction of sp³-hybridized carbons (Fsp3) is 0.500. The summed E-state index contributed by atoms with van der Waals surface area (Å²) in [5, 5.41) is 5.95. The highest BCUT2D eigenvalue weighted by atomic mass is 19.1. The zero-order valence-corrected chi connectivity index (χ0v) is 23.0. The summed E-state index contributed by atoms with van der Waals surface area (Å²) >= 11 is 0. The van der Waals surface area contributed by atoms with Crippen LogP contribution >= 0.6 is 0 Å². The summed E-state index contributed by atoms with van der Waals surface area (Å²) in [5.41, 5.74) is 2.00. The molecular weight excluding hydrogens is 485 g/mol. The van der Waals surface area contributed by atoms with Crippen LogP contribution in [0, 0.1) is 17.7 Å². The van der Waals surface area contributed by atoms with E-state index in [4.69, 9.17) is 4.74 Å². The van der Waals surface area contributed by atoms with E-state index in [0.717, 1.165) is 11.1 Å². The molecule has 2 N–H and O–H groups in total. The van der Waals surface area contributed by atoms with E-state index in [-0.39, 0.29) is 35.0 Å². The Morgan fingerprint density at radius 2 is 1.76 bits per heavy atom. The number of rotatable bonds is 7. The summed E-state index contributed by atoms with van der Waals surface area (Å²) in [7, 11) is 1.36. The lowest BCUT2D eigenvalue weighted by Crippen LogP contribution is -2.67. The van der Waals surface area contributed by atoms with Crippen molar-refractivity contribution < 1.29 is 23.5 Å². The van der Waals surface area contributed by atoms with Crippen LogP contribution in [-0.2, 0) is 27.2 Å². The highest BCUT2D eigenvalue weighted by molar-refractivity contribution is 6.00. The smallest absolute Gasteiger partial charge is 0.247 e. The van der Waals surface area contributed by atoms with Gasteiger partial charge in [0.05, 0.1) is 7.11 Å². The highest BCUT2D eigenvalue weighted by Crippen LogP contribution is 2.36. The maximum Gasteiger partial charge on any atom is 0.247 e. The number of fused-ring (bicyclic) bond motifs is 1. The lowest BCUT2D eigenvalue weighted by molar-refractivity contribution is -0.158. The first kappa shape index (κ1) is 27.6. The fourth-order valence-corrected chi connectivity index (χ4v) is 5.60. The first-order valence-electron chi connectivity index (χ1n) is 13.2. The minimum Gasteiger partial charge on any atom is -0.494 e. The van der Waals surface area contributed by atoms with E-state index in [9.17, 15) is 18.8 Å². The van der Waals surface area contributed by atoms with Gasteiger partial charge in [-0.3, -0.25) is 14.4 Å². The molecule has 0 radical (unpaired) electrons. The van der Waals surface area contributed by atoms with Gasteiger partial charge in [0.1, 0.15) is 18.1 Å². The lowest BCUT2D eigenvalue weighted by atomic mass is 9.87. The van der Waals surface area contributed by atoms with Gasteiger partial charge in [0, 0.05) is 5.54 Å². The molecule has 4 rings (SSSR count). The van der Waals surface area contributed by atoms with Gasteiger partial charge in [-0.25, -0.2) is 4.39 Å². The van der Waals surface area contributed by atoms with E-state index < -0.39 is 35.4 Å². The molecule has 8 heteroatoms. The molecule has 0 saturated carbocycles. The molecule has 0 aromatic heterocycles. The van der Waals surface area contributed by atoms with Crippen LogP contribution in [0.2, 0.25) is 0 Å². The maximum absolute atomic E-state index is 14.9. The minimum absolute atomic E-state index is 0.0340. The third-order valence-corrected chi connectivity index (χ3v) is 7.22. The zero-order chi connectivity index (χ0) is 27.8. The van der Waals surface area contributed by atoms with Gasteiger partial charge >= 0.3 is 0 Å². The average molecular weight is 524 g/mol. The molecule has 204 valence electrons. The molecule has 0 spiro atoms. The number of hydrogen-bond acceptors (Lipinski definition) is 4. The van der Waals surface area contributed by atoms with Crippen LogP contribution < -0.4 is 15.4 Å². The molecular formula is C30H38FN3O4. The van der Waals surface area contributed by atoms with Gasteiger partial charge in [-0.15, -0.1) is 0 Å². The van der Waals surface area contributed by atoms with E-state index in [0.29, 0.717) is 19.3 Å². The van der Waals surface area contributed by atoms with Crippen LogP contribution in [0.4, 0.5) is 4.39 Å². The van der Waals surface area contributed by atoms with Crippen molar-refractivity contribution in [2.24, 2.45) is 11.8 Å². The Hall–Kier alpha value is -3.42. The van der Waals surface area contributed by atoms with E-state index in [1.54, 1.807) is 6.07 Å². The van der Waals surface area contributed by atoms with Gasteiger partial charge in [-0.05, 0) is 80.7 Å². The Labute approximate surface area is 224 Å². The zero-order valence-electron chi connectivity index (χ0n) is 23.0. The van der Waals surface area contributed by atoms with E-state index in [1.165, 1.54) is 24.1 Å². The maximum atomic E-state index is 14.9. The van der Waals surface area contributed by atoms with Crippen molar-refractivity contribution in [3.8, 4) is 5.75 Å². The van der Waals surface area contributed by atoms with Gasteiger partial charge in [-0.2, -0.15) is 0 Å². The topological polar surface area (TPSA) is 87.7 Å². The van der Waals surface area contributed by atoms with Crippen LogP contribution in [0.5, 0.6) is 5.75 Å². The second kappa shape index (κ2) is 10.8. The van der Waals surface area contributed by atoms with Crippen molar-refractivity contribution in [2.75, 3.05) is 7.11 Å². The minimum atomic E-state index is -1.19. The number of piperazine rings is 1. The Bertz CT molecular complexity index is 1200. The first-order valence-corrected chi connectivity index (χ1v) is 13.2. The molecule has 2 aromatic carbocycles. The number of ether oxygens (including phenoxy) is 1. The summed E-state index contributed by atoms with van der Waals surface area (Å²) in [6.07, 6.45) is 1.68. The number of carbonyl (C=O) groups is 3. The third kappa shape index (κ3) is 5.69. The molecule has 1 aliphatic heterocycles. The van der Waals surface area contributed by atoms with Crippen LogP contribution in [0.15, 0.2) is 42.5 Å².